The van der Waals surface area contributed by atoms with Gasteiger partial charge in [0.1, 0.15) is 6.61 Å². The summed E-state index contributed by atoms with van der Waals surface area (Å²) in [7, 11) is 0. The second-order valence-corrected chi connectivity index (χ2v) is 6.62. The van der Waals surface area contributed by atoms with Crippen LogP contribution in [0.2, 0.25) is 0 Å². The fraction of sp³-hybridized carbons (Fsp3) is 0.250. The molecule has 0 unspecified atom stereocenters. The maximum Gasteiger partial charge on any atom is 0.322 e. The third kappa shape index (κ3) is 3.85. The number of nitrogens with one attached hydrogen (secondary N) is 1. The number of hydrogen-bond acceptors (Lipinski definition) is 8. The maximum absolute atomic E-state index is 5.86. The highest BCUT2D eigenvalue weighted by molar-refractivity contribution is 5.82. The number of morpholine rings is 1. The van der Waals surface area contributed by atoms with Crippen LogP contribution >= 0.6 is 0 Å². The van der Waals surface area contributed by atoms with Gasteiger partial charge in [0.25, 0.3) is 0 Å². The number of ether oxygens (including phenoxy) is 2. The minimum atomic E-state index is 0.270. The van der Waals surface area contributed by atoms with Crippen LogP contribution in [0.15, 0.2) is 48.8 Å². The molecule has 1 aromatic carbocycles. The Bertz CT molecular complexity index is 1110. The zero-order valence-corrected chi connectivity index (χ0v) is 15.7. The summed E-state index contributed by atoms with van der Waals surface area (Å²) in [5, 5.41) is 8.09. The number of nitrogens with zero attached hydrogens (tertiary/aromatic N) is 6. The largest absolute Gasteiger partial charge is 0.457 e. The first kappa shape index (κ1) is 17.5. The van der Waals surface area contributed by atoms with E-state index in [0.29, 0.717) is 25.0 Å². The maximum atomic E-state index is 5.86. The molecule has 1 aliphatic heterocycles. The van der Waals surface area contributed by atoms with Crippen LogP contribution in [0.4, 0.5) is 5.95 Å². The van der Waals surface area contributed by atoms with Crippen LogP contribution in [0.3, 0.4) is 0 Å². The Morgan fingerprint density at radius 2 is 2.00 bits per heavy atom. The Kier molecular flexibility index (Phi) is 4.71. The molecule has 1 fully saturated rings. The van der Waals surface area contributed by atoms with Gasteiger partial charge in [-0.25, -0.2) is 0 Å². The number of benzene rings is 1. The van der Waals surface area contributed by atoms with Crippen LogP contribution in [0.1, 0.15) is 5.69 Å². The zero-order valence-electron chi connectivity index (χ0n) is 15.7. The number of anilines is 1. The molecule has 9 heteroatoms. The molecule has 1 N–H and O–H groups in total. The van der Waals surface area contributed by atoms with Gasteiger partial charge in [-0.3, -0.25) is 10.1 Å². The number of fused-ring (bicyclic) bond motifs is 1. The lowest BCUT2D eigenvalue weighted by Crippen LogP contribution is -2.37. The molecule has 29 heavy (non-hydrogen) atoms. The Morgan fingerprint density at radius 3 is 2.86 bits per heavy atom. The summed E-state index contributed by atoms with van der Waals surface area (Å²) in [4.78, 5) is 20.1. The fourth-order valence-corrected chi connectivity index (χ4v) is 3.14. The molecule has 9 nitrogen and oxygen atoms in total. The van der Waals surface area contributed by atoms with E-state index in [0.717, 1.165) is 35.2 Å². The van der Waals surface area contributed by atoms with Crippen molar-refractivity contribution < 1.29 is 9.47 Å². The van der Waals surface area contributed by atoms with Gasteiger partial charge in [-0.1, -0.05) is 18.2 Å². The molecule has 0 amide bonds. The van der Waals surface area contributed by atoms with Crippen LogP contribution < -0.4 is 9.64 Å². The number of H-pyrrole nitrogens is 1. The van der Waals surface area contributed by atoms with Crippen LogP contribution in [-0.2, 0) is 11.3 Å². The lowest BCUT2D eigenvalue weighted by Gasteiger charge is -2.27. The molecule has 4 heterocycles. The number of hydrogen-bond donors (Lipinski definition) is 1. The lowest BCUT2D eigenvalue weighted by atomic mass is 10.1. The van der Waals surface area contributed by atoms with Crippen LogP contribution in [-0.4, -0.2) is 56.4 Å². The summed E-state index contributed by atoms with van der Waals surface area (Å²) in [6.07, 6.45) is 3.52. The van der Waals surface area contributed by atoms with Gasteiger partial charge in [0, 0.05) is 30.2 Å². The quantitative estimate of drug-likeness (QED) is 0.554. The molecule has 0 atom stereocenters. The first-order valence-corrected chi connectivity index (χ1v) is 9.40. The summed E-state index contributed by atoms with van der Waals surface area (Å²) >= 11 is 0. The molecule has 3 aromatic heterocycles. The second-order valence-electron chi connectivity index (χ2n) is 6.62. The van der Waals surface area contributed by atoms with E-state index < -0.39 is 0 Å². The summed E-state index contributed by atoms with van der Waals surface area (Å²) < 4.78 is 11.3. The van der Waals surface area contributed by atoms with Gasteiger partial charge in [-0.15, -0.1) is 0 Å². The molecule has 0 bridgehead atoms. The van der Waals surface area contributed by atoms with Crippen molar-refractivity contribution in [1.82, 2.24) is 30.1 Å². The molecule has 0 spiro atoms. The van der Waals surface area contributed by atoms with Gasteiger partial charge in [-0.05, 0) is 18.2 Å². The molecule has 1 saturated heterocycles. The topological polar surface area (TPSA) is 102 Å². The van der Waals surface area contributed by atoms with Gasteiger partial charge in [0.15, 0.2) is 5.82 Å². The molecule has 0 aliphatic carbocycles. The van der Waals surface area contributed by atoms with Crippen molar-refractivity contribution in [1.29, 1.82) is 0 Å². The van der Waals surface area contributed by atoms with Crippen molar-refractivity contribution >= 4 is 16.9 Å². The summed E-state index contributed by atoms with van der Waals surface area (Å²) in [6.45, 7) is 3.02. The van der Waals surface area contributed by atoms with E-state index in [1.807, 2.05) is 36.4 Å². The Morgan fingerprint density at radius 1 is 1.07 bits per heavy atom. The number of rotatable bonds is 5. The van der Waals surface area contributed by atoms with Gasteiger partial charge >= 0.3 is 6.01 Å². The summed E-state index contributed by atoms with van der Waals surface area (Å²) in [5.41, 5.74) is 2.59. The molecule has 0 radical (unpaired) electrons. The van der Waals surface area contributed by atoms with E-state index in [1.165, 1.54) is 0 Å². The molecular weight excluding hydrogens is 370 g/mol. The van der Waals surface area contributed by atoms with Crippen molar-refractivity contribution in [2.24, 2.45) is 0 Å². The van der Waals surface area contributed by atoms with Gasteiger partial charge in [0.2, 0.25) is 5.95 Å². The first-order chi connectivity index (χ1) is 14.3. The van der Waals surface area contributed by atoms with Gasteiger partial charge in [0.05, 0.1) is 30.6 Å². The number of aromatic amines is 1. The fourth-order valence-electron chi connectivity index (χ4n) is 3.14. The second kappa shape index (κ2) is 7.80. The number of pyridine rings is 1. The zero-order chi connectivity index (χ0) is 19.5. The summed E-state index contributed by atoms with van der Waals surface area (Å²) in [6, 6.07) is 11.9. The minimum Gasteiger partial charge on any atom is -0.457 e. The molecule has 5 rings (SSSR count). The first-order valence-electron chi connectivity index (χ1n) is 9.40. The van der Waals surface area contributed by atoms with Crippen molar-refractivity contribution in [2.75, 3.05) is 31.2 Å². The highest BCUT2D eigenvalue weighted by atomic mass is 16.5. The third-order valence-electron chi connectivity index (χ3n) is 4.67. The third-order valence-corrected chi connectivity index (χ3v) is 4.67. The Labute approximate surface area is 166 Å². The van der Waals surface area contributed by atoms with Crippen LogP contribution in [0, 0.1) is 0 Å². The normalized spacial score (nSPS) is 14.3. The average molecular weight is 389 g/mol. The van der Waals surface area contributed by atoms with Gasteiger partial charge < -0.3 is 14.4 Å². The highest BCUT2D eigenvalue weighted by Crippen LogP contribution is 2.24. The lowest BCUT2D eigenvalue weighted by molar-refractivity contribution is 0.122. The van der Waals surface area contributed by atoms with E-state index in [1.54, 1.807) is 12.4 Å². The molecule has 0 saturated carbocycles. The van der Waals surface area contributed by atoms with E-state index in [9.17, 15) is 0 Å². The Hall–Kier alpha value is -3.59. The van der Waals surface area contributed by atoms with E-state index >= 15 is 0 Å². The van der Waals surface area contributed by atoms with Crippen molar-refractivity contribution in [3.8, 4) is 17.4 Å². The van der Waals surface area contributed by atoms with E-state index in [4.69, 9.17) is 14.5 Å². The van der Waals surface area contributed by atoms with Gasteiger partial charge in [-0.2, -0.15) is 20.1 Å². The standard InChI is InChI=1S/C20H19N7O2/c1-2-6-21-16(3-1)13-29-20-24-18(14-4-5-15-12-22-26-17(15)11-14)23-19(25-20)27-7-9-28-10-8-27/h1-6,11-12H,7-10,13H2,(H,22,26). The van der Waals surface area contributed by atoms with Crippen molar-refractivity contribution in [2.45, 2.75) is 6.61 Å². The number of aromatic nitrogens is 6. The minimum absolute atomic E-state index is 0.270. The van der Waals surface area contributed by atoms with E-state index in [2.05, 4.69) is 30.0 Å². The monoisotopic (exact) mass is 389 g/mol. The highest BCUT2D eigenvalue weighted by Gasteiger charge is 2.18. The molecule has 1 aliphatic rings. The van der Waals surface area contributed by atoms with Crippen molar-refractivity contribution in [3.63, 3.8) is 0 Å². The van der Waals surface area contributed by atoms with Crippen LogP contribution in [0.25, 0.3) is 22.3 Å². The predicted octanol–water partition coefficient (Wildman–Crippen LogP) is 2.23. The smallest absolute Gasteiger partial charge is 0.322 e. The van der Waals surface area contributed by atoms with Crippen LogP contribution in [0.5, 0.6) is 6.01 Å². The van der Waals surface area contributed by atoms with E-state index in [-0.39, 0.29) is 12.6 Å². The molecule has 146 valence electrons. The van der Waals surface area contributed by atoms with Crippen molar-refractivity contribution in [3.05, 3.63) is 54.5 Å². The summed E-state index contributed by atoms with van der Waals surface area (Å²) in [5.74, 6) is 1.13. The molecule has 4 aromatic rings. The SMILES string of the molecule is c1ccc(COc2nc(-c3ccc4cn[nH]c4c3)nc(N3CCOCC3)n2)nc1. The average Bonchev–Trinajstić information content (AvgIpc) is 3.27. The predicted molar refractivity (Wildman–Crippen MR) is 107 cm³/mol. The Balaban J connectivity index is 1.50. The molecular formula is C20H19N7O2.